The predicted octanol–water partition coefficient (Wildman–Crippen LogP) is 1.43. The summed E-state index contributed by atoms with van der Waals surface area (Å²) in [5, 5.41) is 0. The average Bonchev–Trinajstić information content (AvgIpc) is 2.21. The van der Waals surface area contributed by atoms with Crippen molar-refractivity contribution in [1.29, 1.82) is 0 Å². The summed E-state index contributed by atoms with van der Waals surface area (Å²) in [7, 11) is 0. The standard InChI is InChI=1S/C5H6O/c1-2-3-5-4-6-5/h2-4H,1H3/b3-2+. The van der Waals surface area contributed by atoms with Crippen molar-refractivity contribution < 1.29 is 4.74 Å². The average molecular weight is 82.1 g/mol. The van der Waals surface area contributed by atoms with E-state index < -0.39 is 0 Å². The van der Waals surface area contributed by atoms with Gasteiger partial charge in [-0.15, -0.1) is 0 Å². The molecule has 0 unspecified atom stereocenters. The van der Waals surface area contributed by atoms with Gasteiger partial charge in [0.05, 0.1) is 0 Å². The third-order valence-electron chi connectivity index (χ3n) is 0.585. The third-order valence-corrected chi connectivity index (χ3v) is 0.585. The molecule has 0 saturated heterocycles. The fraction of sp³-hybridized carbons (Fsp3) is 0.200. The topological polar surface area (TPSA) is 12.5 Å². The Hall–Kier alpha value is -0.720. The quantitative estimate of drug-likeness (QED) is 0.466. The molecule has 1 aliphatic heterocycles. The molecular weight excluding hydrogens is 76.1 g/mol. The van der Waals surface area contributed by atoms with Crippen molar-refractivity contribution in [3.8, 4) is 0 Å². The maximum atomic E-state index is 4.65. The zero-order chi connectivity index (χ0) is 4.41. The van der Waals surface area contributed by atoms with Gasteiger partial charge in [-0.3, -0.25) is 0 Å². The molecule has 1 rings (SSSR count). The van der Waals surface area contributed by atoms with E-state index in [1.807, 2.05) is 19.1 Å². The smallest absolute Gasteiger partial charge is 0.161 e. The second-order valence-electron chi connectivity index (χ2n) is 1.14. The van der Waals surface area contributed by atoms with E-state index in [4.69, 9.17) is 0 Å². The molecule has 0 aromatic carbocycles. The van der Waals surface area contributed by atoms with E-state index in [2.05, 4.69) is 4.74 Å². The number of rotatable bonds is 1. The van der Waals surface area contributed by atoms with Gasteiger partial charge >= 0.3 is 0 Å². The van der Waals surface area contributed by atoms with Crippen molar-refractivity contribution in [2.75, 3.05) is 0 Å². The van der Waals surface area contributed by atoms with Gasteiger partial charge in [-0.05, 0) is 13.0 Å². The molecule has 0 bridgehead atoms. The van der Waals surface area contributed by atoms with Gasteiger partial charge < -0.3 is 4.74 Å². The highest BCUT2D eigenvalue weighted by molar-refractivity contribution is 5.18. The zero-order valence-corrected chi connectivity index (χ0v) is 3.64. The zero-order valence-electron chi connectivity index (χ0n) is 3.64. The summed E-state index contributed by atoms with van der Waals surface area (Å²) in [5.74, 6) is 0.984. The van der Waals surface area contributed by atoms with Gasteiger partial charge in [0.1, 0.15) is 6.26 Å². The monoisotopic (exact) mass is 82.0 g/mol. The Morgan fingerprint density at radius 3 is 2.67 bits per heavy atom. The van der Waals surface area contributed by atoms with E-state index in [0.717, 1.165) is 5.76 Å². The lowest BCUT2D eigenvalue weighted by Crippen LogP contribution is -1.46. The van der Waals surface area contributed by atoms with E-state index in [0.29, 0.717) is 0 Å². The summed E-state index contributed by atoms with van der Waals surface area (Å²) in [4.78, 5) is 0. The second kappa shape index (κ2) is 1.17. The van der Waals surface area contributed by atoms with E-state index in [9.17, 15) is 0 Å². The van der Waals surface area contributed by atoms with Crippen LogP contribution in [0, 0.1) is 0 Å². The predicted molar refractivity (Wildman–Crippen MR) is 24.0 cm³/mol. The van der Waals surface area contributed by atoms with Crippen molar-refractivity contribution in [3.63, 3.8) is 0 Å². The third kappa shape index (κ3) is 0.612. The van der Waals surface area contributed by atoms with Gasteiger partial charge in [0.25, 0.3) is 0 Å². The minimum Gasteiger partial charge on any atom is -0.458 e. The minimum absolute atomic E-state index is 0.984. The highest BCUT2D eigenvalue weighted by Crippen LogP contribution is 2.12. The van der Waals surface area contributed by atoms with Crippen LogP contribution in [0.4, 0.5) is 0 Å². The molecule has 0 N–H and O–H groups in total. The summed E-state index contributed by atoms with van der Waals surface area (Å²) < 4.78 is 4.65. The van der Waals surface area contributed by atoms with Crippen molar-refractivity contribution >= 4 is 0 Å². The summed E-state index contributed by atoms with van der Waals surface area (Å²) in [6.45, 7) is 1.96. The van der Waals surface area contributed by atoms with Gasteiger partial charge in [-0.1, -0.05) is 6.08 Å². The normalized spacial score (nSPS) is 17.2. The molecule has 1 aliphatic rings. The van der Waals surface area contributed by atoms with Crippen molar-refractivity contribution in [2.45, 2.75) is 6.92 Å². The van der Waals surface area contributed by atoms with Gasteiger partial charge in [-0.2, -0.15) is 0 Å². The Morgan fingerprint density at radius 1 is 1.83 bits per heavy atom. The molecule has 0 aromatic heterocycles. The second-order valence-corrected chi connectivity index (χ2v) is 1.14. The molecular formula is C5H6O. The van der Waals surface area contributed by atoms with Crippen LogP contribution in [-0.4, -0.2) is 0 Å². The highest BCUT2D eigenvalue weighted by atomic mass is 16.5. The van der Waals surface area contributed by atoms with E-state index in [-0.39, 0.29) is 0 Å². The Bertz CT molecular complexity index is 101. The summed E-state index contributed by atoms with van der Waals surface area (Å²) in [6.07, 6.45) is 5.57. The fourth-order valence-corrected chi connectivity index (χ4v) is 0.277. The molecule has 0 aliphatic carbocycles. The SMILES string of the molecule is C/C=C/C1=CO1. The molecule has 6 heavy (non-hydrogen) atoms. The first kappa shape index (κ1) is 3.47. The molecule has 0 spiro atoms. The van der Waals surface area contributed by atoms with Crippen LogP contribution < -0.4 is 0 Å². The van der Waals surface area contributed by atoms with Gasteiger partial charge in [0, 0.05) is 0 Å². The number of ether oxygens (including phenoxy) is 1. The molecule has 32 valence electrons. The van der Waals surface area contributed by atoms with Crippen LogP contribution in [0.1, 0.15) is 6.92 Å². The molecule has 1 heteroatoms. The molecule has 1 heterocycles. The van der Waals surface area contributed by atoms with Crippen molar-refractivity contribution in [3.05, 3.63) is 24.2 Å². The molecule has 0 radical (unpaired) electrons. The number of allylic oxidation sites excluding steroid dienone is 2. The van der Waals surface area contributed by atoms with E-state index in [1.54, 1.807) is 6.26 Å². The largest absolute Gasteiger partial charge is 0.458 e. The van der Waals surface area contributed by atoms with Gasteiger partial charge in [-0.25, -0.2) is 0 Å². The summed E-state index contributed by atoms with van der Waals surface area (Å²) >= 11 is 0. The Balaban J connectivity index is 2.34. The van der Waals surface area contributed by atoms with Crippen molar-refractivity contribution in [1.82, 2.24) is 0 Å². The first-order valence-electron chi connectivity index (χ1n) is 1.93. The number of hydrogen-bond donors (Lipinski definition) is 0. The maximum absolute atomic E-state index is 4.65. The van der Waals surface area contributed by atoms with Crippen LogP contribution in [0.25, 0.3) is 0 Å². The highest BCUT2D eigenvalue weighted by Gasteiger charge is 2.00. The Morgan fingerprint density at radius 2 is 2.50 bits per heavy atom. The van der Waals surface area contributed by atoms with E-state index in [1.165, 1.54) is 0 Å². The van der Waals surface area contributed by atoms with Crippen LogP contribution in [0.3, 0.4) is 0 Å². The lowest BCUT2D eigenvalue weighted by atomic mass is 10.5. The summed E-state index contributed by atoms with van der Waals surface area (Å²) in [6, 6.07) is 0. The molecule has 0 saturated carbocycles. The Labute approximate surface area is 36.9 Å². The molecule has 0 amide bonds. The van der Waals surface area contributed by atoms with Gasteiger partial charge in [0.2, 0.25) is 0 Å². The lowest BCUT2D eigenvalue weighted by molar-refractivity contribution is 0.515. The van der Waals surface area contributed by atoms with Crippen LogP contribution in [0.5, 0.6) is 0 Å². The number of hydrogen-bond acceptors (Lipinski definition) is 1. The maximum Gasteiger partial charge on any atom is 0.161 e. The fourth-order valence-electron chi connectivity index (χ4n) is 0.277. The van der Waals surface area contributed by atoms with Crippen LogP contribution >= 0.6 is 0 Å². The van der Waals surface area contributed by atoms with Crippen molar-refractivity contribution in [2.24, 2.45) is 0 Å². The minimum atomic E-state index is 0.984. The lowest BCUT2D eigenvalue weighted by Gasteiger charge is -1.64. The molecule has 0 fully saturated rings. The van der Waals surface area contributed by atoms with Gasteiger partial charge in [0.15, 0.2) is 5.76 Å². The summed E-state index contributed by atoms with van der Waals surface area (Å²) in [5.41, 5.74) is 0. The molecule has 0 aromatic rings. The van der Waals surface area contributed by atoms with Crippen LogP contribution in [-0.2, 0) is 4.74 Å². The first-order valence-corrected chi connectivity index (χ1v) is 1.93. The molecule has 0 atom stereocenters. The Kier molecular flexibility index (Phi) is 0.675. The van der Waals surface area contributed by atoms with Crippen LogP contribution in [0.15, 0.2) is 24.2 Å². The molecule has 1 nitrogen and oxygen atoms in total. The van der Waals surface area contributed by atoms with E-state index >= 15 is 0 Å². The first-order chi connectivity index (χ1) is 2.93. The van der Waals surface area contributed by atoms with Crippen LogP contribution in [0.2, 0.25) is 0 Å².